The molecule has 1 fully saturated rings. The SMILES string of the molecule is Cc1ncc(S(=O)(=O)N2CCCC(C(N)=S)C2)[nH]1. The Labute approximate surface area is 112 Å². The predicted octanol–water partition coefficient (Wildman–Crippen LogP) is 0.405. The Morgan fingerprint density at radius 3 is 2.94 bits per heavy atom. The standard InChI is InChI=1S/C10H16N4O2S2/c1-7-12-5-9(13-7)18(15,16)14-4-2-3-8(6-14)10(11)17/h5,8H,2-4,6H2,1H3,(H2,11,17)(H,12,13). The molecule has 1 aromatic rings. The molecule has 0 aromatic carbocycles. The van der Waals surface area contributed by atoms with Crippen molar-refractivity contribution < 1.29 is 8.42 Å². The molecule has 2 heterocycles. The number of aromatic nitrogens is 2. The van der Waals surface area contributed by atoms with E-state index in [1.165, 1.54) is 10.5 Å². The number of nitrogens with two attached hydrogens (primary N) is 1. The first-order valence-corrected chi connectivity index (χ1v) is 7.57. The van der Waals surface area contributed by atoms with E-state index in [1.807, 2.05) is 0 Å². The van der Waals surface area contributed by atoms with Crippen LogP contribution in [0.25, 0.3) is 0 Å². The maximum Gasteiger partial charge on any atom is 0.260 e. The van der Waals surface area contributed by atoms with Crippen molar-refractivity contribution in [2.75, 3.05) is 13.1 Å². The Balaban J connectivity index is 2.22. The summed E-state index contributed by atoms with van der Waals surface area (Å²) in [6, 6.07) is 0. The lowest BCUT2D eigenvalue weighted by molar-refractivity contribution is 0.312. The first-order valence-electron chi connectivity index (χ1n) is 5.72. The molecule has 8 heteroatoms. The highest BCUT2D eigenvalue weighted by Crippen LogP contribution is 2.22. The summed E-state index contributed by atoms with van der Waals surface area (Å²) in [6.07, 6.45) is 2.97. The van der Waals surface area contributed by atoms with Crippen LogP contribution in [0.1, 0.15) is 18.7 Å². The molecule has 1 unspecified atom stereocenters. The molecule has 0 amide bonds. The van der Waals surface area contributed by atoms with E-state index in [-0.39, 0.29) is 10.9 Å². The van der Waals surface area contributed by atoms with E-state index < -0.39 is 10.0 Å². The molecule has 6 nitrogen and oxygen atoms in total. The minimum Gasteiger partial charge on any atom is -0.393 e. The highest BCUT2D eigenvalue weighted by atomic mass is 32.2. The van der Waals surface area contributed by atoms with Gasteiger partial charge in [-0.1, -0.05) is 12.2 Å². The second kappa shape index (κ2) is 4.94. The average molecular weight is 288 g/mol. The number of thiocarbonyl (C=S) groups is 1. The number of hydrogen-bond acceptors (Lipinski definition) is 4. The molecule has 1 aliphatic rings. The summed E-state index contributed by atoms with van der Waals surface area (Å²) in [6.45, 7) is 2.57. The van der Waals surface area contributed by atoms with Crippen molar-refractivity contribution in [2.45, 2.75) is 24.8 Å². The Hall–Kier alpha value is -0.990. The van der Waals surface area contributed by atoms with Crippen molar-refractivity contribution in [3.8, 4) is 0 Å². The molecule has 18 heavy (non-hydrogen) atoms. The van der Waals surface area contributed by atoms with Gasteiger partial charge in [-0.15, -0.1) is 0 Å². The van der Waals surface area contributed by atoms with Gasteiger partial charge in [-0.3, -0.25) is 0 Å². The maximum atomic E-state index is 12.3. The monoisotopic (exact) mass is 288 g/mol. The van der Waals surface area contributed by atoms with Gasteiger partial charge in [0.2, 0.25) is 0 Å². The van der Waals surface area contributed by atoms with Gasteiger partial charge in [0.25, 0.3) is 10.0 Å². The molecule has 3 N–H and O–H groups in total. The molecule has 0 aliphatic carbocycles. The summed E-state index contributed by atoms with van der Waals surface area (Å²) in [5.41, 5.74) is 5.61. The second-order valence-corrected chi connectivity index (χ2v) is 6.82. The van der Waals surface area contributed by atoms with Crippen LogP contribution in [0.4, 0.5) is 0 Å². The van der Waals surface area contributed by atoms with Gasteiger partial charge in [0.1, 0.15) is 5.82 Å². The number of aromatic amines is 1. The number of rotatable bonds is 3. The maximum absolute atomic E-state index is 12.3. The van der Waals surface area contributed by atoms with E-state index in [0.717, 1.165) is 12.8 Å². The molecule has 2 rings (SSSR count). The van der Waals surface area contributed by atoms with Crippen LogP contribution >= 0.6 is 12.2 Å². The molecule has 1 aliphatic heterocycles. The van der Waals surface area contributed by atoms with Crippen LogP contribution in [0.5, 0.6) is 0 Å². The minimum absolute atomic E-state index is 0.0347. The van der Waals surface area contributed by atoms with Crippen molar-refractivity contribution in [1.82, 2.24) is 14.3 Å². The molecule has 0 spiro atoms. The normalized spacial score (nSPS) is 21.9. The molecule has 1 aromatic heterocycles. The predicted molar refractivity (Wildman–Crippen MR) is 71.6 cm³/mol. The van der Waals surface area contributed by atoms with Gasteiger partial charge in [0, 0.05) is 19.0 Å². The molecule has 100 valence electrons. The zero-order valence-corrected chi connectivity index (χ0v) is 11.7. The van der Waals surface area contributed by atoms with Gasteiger partial charge in [0.15, 0.2) is 5.03 Å². The second-order valence-electron chi connectivity index (χ2n) is 4.44. The number of nitrogens with zero attached hydrogens (tertiary/aromatic N) is 2. The number of imidazole rings is 1. The third kappa shape index (κ3) is 2.55. The highest BCUT2D eigenvalue weighted by Gasteiger charge is 2.32. The Bertz CT molecular complexity index is 552. The molecular formula is C10H16N4O2S2. The van der Waals surface area contributed by atoms with E-state index in [9.17, 15) is 8.42 Å². The number of sulfonamides is 1. The largest absolute Gasteiger partial charge is 0.393 e. The van der Waals surface area contributed by atoms with E-state index >= 15 is 0 Å². The summed E-state index contributed by atoms with van der Waals surface area (Å²) >= 11 is 4.95. The fourth-order valence-corrected chi connectivity index (χ4v) is 3.74. The molecular weight excluding hydrogens is 272 g/mol. The van der Waals surface area contributed by atoms with Gasteiger partial charge >= 0.3 is 0 Å². The number of nitrogens with one attached hydrogen (secondary N) is 1. The lowest BCUT2D eigenvalue weighted by Crippen LogP contribution is -2.43. The Morgan fingerprint density at radius 1 is 1.67 bits per heavy atom. The number of piperidine rings is 1. The molecule has 1 saturated heterocycles. The summed E-state index contributed by atoms with van der Waals surface area (Å²) < 4.78 is 26.1. The van der Waals surface area contributed by atoms with Crippen LogP contribution in [0.2, 0.25) is 0 Å². The highest BCUT2D eigenvalue weighted by molar-refractivity contribution is 7.89. The number of H-pyrrole nitrogens is 1. The van der Waals surface area contributed by atoms with Crippen LogP contribution in [0.15, 0.2) is 11.2 Å². The number of aryl methyl sites for hydroxylation is 1. The van der Waals surface area contributed by atoms with Gasteiger partial charge in [0.05, 0.1) is 11.2 Å². The van der Waals surface area contributed by atoms with Crippen molar-refractivity contribution in [1.29, 1.82) is 0 Å². The van der Waals surface area contributed by atoms with E-state index in [4.69, 9.17) is 18.0 Å². The summed E-state index contributed by atoms with van der Waals surface area (Å²) in [5.74, 6) is 0.545. The lowest BCUT2D eigenvalue weighted by atomic mass is 10.0. The van der Waals surface area contributed by atoms with E-state index in [2.05, 4.69) is 9.97 Å². The van der Waals surface area contributed by atoms with Gasteiger partial charge in [-0.25, -0.2) is 13.4 Å². The first kappa shape index (κ1) is 13.4. The number of hydrogen-bond donors (Lipinski definition) is 2. The first-order chi connectivity index (χ1) is 8.41. The van der Waals surface area contributed by atoms with Gasteiger partial charge in [-0.2, -0.15) is 4.31 Å². The summed E-state index contributed by atoms with van der Waals surface area (Å²) in [7, 11) is -3.51. The Morgan fingerprint density at radius 2 is 2.39 bits per heavy atom. The van der Waals surface area contributed by atoms with Crippen LogP contribution in [-0.4, -0.2) is 40.8 Å². The quantitative estimate of drug-likeness (QED) is 0.786. The van der Waals surface area contributed by atoms with Crippen molar-refractivity contribution in [2.24, 2.45) is 11.7 Å². The molecule has 0 bridgehead atoms. The van der Waals surface area contributed by atoms with Crippen LogP contribution in [0, 0.1) is 12.8 Å². The molecule has 1 atom stereocenters. The fraction of sp³-hybridized carbons (Fsp3) is 0.600. The van der Waals surface area contributed by atoms with E-state index in [0.29, 0.717) is 23.9 Å². The Kier molecular flexibility index (Phi) is 3.69. The van der Waals surface area contributed by atoms with Crippen molar-refractivity contribution in [3.63, 3.8) is 0 Å². The molecule has 0 saturated carbocycles. The summed E-state index contributed by atoms with van der Waals surface area (Å²) in [4.78, 5) is 7.06. The molecule has 0 radical (unpaired) electrons. The van der Waals surface area contributed by atoms with Crippen LogP contribution in [0.3, 0.4) is 0 Å². The smallest absolute Gasteiger partial charge is 0.260 e. The zero-order chi connectivity index (χ0) is 13.3. The van der Waals surface area contributed by atoms with Crippen LogP contribution < -0.4 is 5.73 Å². The third-order valence-corrected chi connectivity index (χ3v) is 5.19. The van der Waals surface area contributed by atoms with Gasteiger partial charge in [-0.05, 0) is 19.8 Å². The van der Waals surface area contributed by atoms with Crippen molar-refractivity contribution >= 4 is 27.2 Å². The van der Waals surface area contributed by atoms with Crippen LogP contribution in [-0.2, 0) is 10.0 Å². The fourth-order valence-electron chi connectivity index (χ4n) is 2.06. The summed E-state index contributed by atoms with van der Waals surface area (Å²) in [5, 5.41) is 0.128. The lowest BCUT2D eigenvalue weighted by Gasteiger charge is -2.30. The average Bonchev–Trinajstić information content (AvgIpc) is 2.77. The minimum atomic E-state index is -3.51. The van der Waals surface area contributed by atoms with Crippen molar-refractivity contribution in [3.05, 3.63) is 12.0 Å². The van der Waals surface area contributed by atoms with E-state index in [1.54, 1.807) is 6.92 Å². The zero-order valence-electron chi connectivity index (χ0n) is 10.1. The third-order valence-electron chi connectivity index (χ3n) is 3.08. The van der Waals surface area contributed by atoms with Gasteiger partial charge < -0.3 is 10.7 Å². The topological polar surface area (TPSA) is 92.1 Å².